The van der Waals surface area contributed by atoms with Crippen LogP contribution in [0.5, 0.6) is 0 Å². The molecular formula is C19H26N8O5S. The van der Waals surface area contributed by atoms with Crippen LogP contribution in [-0.2, 0) is 20.8 Å². The molecule has 0 saturated carbocycles. The Morgan fingerprint density at radius 3 is 2.52 bits per heavy atom. The molecule has 1 aromatic carbocycles. The van der Waals surface area contributed by atoms with Gasteiger partial charge in [0.05, 0.1) is 11.4 Å². The first-order chi connectivity index (χ1) is 14.7. The van der Waals surface area contributed by atoms with E-state index in [9.17, 15) is 14.4 Å². The van der Waals surface area contributed by atoms with Crippen LogP contribution in [0.15, 0.2) is 28.4 Å². The van der Waals surface area contributed by atoms with E-state index in [-0.39, 0.29) is 38.0 Å². The van der Waals surface area contributed by atoms with E-state index in [1.807, 2.05) is 6.07 Å². The average molecular weight is 479 g/mol. The Morgan fingerprint density at radius 1 is 1.24 bits per heavy atom. The molecule has 0 radical (unpaired) electrons. The summed E-state index contributed by atoms with van der Waals surface area (Å²) in [6.45, 7) is 1.69. The summed E-state index contributed by atoms with van der Waals surface area (Å²) in [5.41, 5.74) is 7.29. The van der Waals surface area contributed by atoms with E-state index < -0.39 is 23.9 Å². The number of azo groups is 1. The van der Waals surface area contributed by atoms with Crippen LogP contribution >= 0.6 is 11.3 Å². The lowest BCUT2D eigenvalue weighted by Crippen LogP contribution is -2.31. The minimum atomic E-state index is -1.18. The number of aliphatic carboxylic acids is 2. The van der Waals surface area contributed by atoms with Gasteiger partial charge in [-0.1, -0.05) is 11.3 Å². The van der Waals surface area contributed by atoms with Crippen LogP contribution in [0.4, 0.5) is 16.5 Å². The van der Waals surface area contributed by atoms with Crippen LogP contribution in [0.3, 0.4) is 0 Å². The number of hydrogen-bond acceptors (Lipinski definition) is 11. The molecule has 11 N–H and O–H groups in total. The Kier molecular flexibility index (Phi) is 12.0. The van der Waals surface area contributed by atoms with Gasteiger partial charge in [-0.2, -0.15) is 5.26 Å². The zero-order valence-corrected chi connectivity index (χ0v) is 18.8. The number of nitriles is 1. The van der Waals surface area contributed by atoms with Gasteiger partial charge < -0.3 is 33.6 Å². The molecular weight excluding hydrogens is 452 g/mol. The Balaban J connectivity index is 0.00000512. The fourth-order valence-electron chi connectivity index (χ4n) is 2.46. The Bertz CT molecular complexity index is 1060. The fourth-order valence-corrected chi connectivity index (χ4v) is 3.15. The molecule has 2 rings (SSSR count). The first kappa shape index (κ1) is 29.2. The van der Waals surface area contributed by atoms with Gasteiger partial charge >= 0.3 is 11.9 Å². The summed E-state index contributed by atoms with van der Waals surface area (Å²) in [7, 11) is 0. The summed E-state index contributed by atoms with van der Waals surface area (Å²) in [5.74, 6) is -2.59. The van der Waals surface area contributed by atoms with Crippen molar-refractivity contribution in [1.82, 2.24) is 17.3 Å². The maximum Gasteiger partial charge on any atom is 0.320 e. The van der Waals surface area contributed by atoms with Gasteiger partial charge in [0.25, 0.3) is 0 Å². The minimum Gasteiger partial charge on any atom is -0.481 e. The summed E-state index contributed by atoms with van der Waals surface area (Å²) in [4.78, 5) is 38.3. The third kappa shape index (κ3) is 9.09. The molecule has 1 amide bonds. The van der Waals surface area contributed by atoms with E-state index in [0.29, 0.717) is 32.6 Å². The predicted molar refractivity (Wildman–Crippen MR) is 122 cm³/mol. The molecule has 1 unspecified atom stereocenters. The summed E-state index contributed by atoms with van der Waals surface area (Å²) >= 11 is 1.09. The number of carboxylic acid groups (broad SMARTS) is 2. The zero-order chi connectivity index (χ0) is 23.0. The molecule has 13 nitrogen and oxygen atoms in total. The van der Waals surface area contributed by atoms with Crippen LogP contribution in [0, 0.1) is 18.3 Å². The SMILES string of the molecule is Cc1nc(/N=N/c2ccc(NC(=O)CCC(N)C(=O)O)cc2CCC(=O)O)sc1C#N.N.N. The first-order valence-electron chi connectivity index (χ1n) is 9.11. The van der Waals surface area contributed by atoms with Gasteiger partial charge in [-0.25, -0.2) is 4.98 Å². The topological polar surface area (TPSA) is 261 Å². The highest BCUT2D eigenvalue weighted by Gasteiger charge is 2.14. The predicted octanol–water partition coefficient (Wildman–Crippen LogP) is 3.21. The van der Waals surface area contributed by atoms with Crippen LogP contribution < -0.4 is 23.4 Å². The Hall–Kier alpha value is -3.77. The lowest BCUT2D eigenvalue weighted by molar-refractivity contribution is -0.139. The number of anilines is 1. The molecule has 1 atom stereocenters. The lowest BCUT2D eigenvalue weighted by atomic mass is 10.1. The van der Waals surface area contributed by atoms with Crippen molar-refractivity contribution in [1.29, 1.82) is 5.26 Å². The van der Waals surface area contributed by atoms with Crippen molar-refractivity contribution in [3.05, 3.63) is 34.3 Å². The Labute approximate surface area is 193 Å². The highest BCUT2D eigenvalue weighted by atomic mass is 32.1. The van der Waals surface area contributed by atoms with Crippen molar-refractivity contribution in [2.75, 3.05) is 5.32 Å². The number of nitrogens with two attached hydrogens (primary N) is 1. The second-order valence-electron chi connectivity index (χ2n) is 6.49. The third-order valence-electron chi connectivity index (χ3n) is 4.10. The molecule has 0 saturated heterocycles. The van der Waals surface area contributed by atoms with E-state index in [2.05, 4.69) is 20.5 Å². The van der Waals surface area contributed by atoms with Crippen molar-refractivity contribution in [3.63, 3.8) is 0 Å². The van der Waals surface area contributed by atoms with E-state index in [1.54, 1.807) is 25.1 Å². The van der Waals surface area contributed by atoms with Gasteiger partial charge in [0.15, 0.2) is 0 Å². The molecule has 1 aromatic heterocycles. The van der Waals surface area contributed by atoms with Crippen LogP contribution in [-0.4, -0.2) is 39.1 Å². The first-order valence-corrected chi connectivity index (χ1v) is 9.93. The average Bonchev–Trinajstić information content (AvgIpc) is 3.09. The smallest absolute Gasteiger partial charge is 0.320 e. The molecule has 0 fully saturated rings. The number of aromatic nitrogens is 1. The number of rotatable bonds is 10. The normalized spacial score (nSPS) is 11.1. The highest BCUT2D eigenvalue weighted by molar-refractivity contribution is 7.15. The second-order valence-corrected chi connectivity index (χ2v) is 7.47. The zero-order valence-electron chi connectivity index (χ0n) is 17.9. The number of benzene rings is 1. The number of nitrogens with zero attached hydrogens (tertiary/aromatic N) is 4. The largest absolute Gasteiger partial charge is 0.481 e. The lowest BCUT2D eigenvalue weighted by Gasteiger charge is -2.10. The molecule has 0 spiro atoms. The minimum absolute atomic E-state index is 0. The molecule has 0 aliphatic carbocycles. The van der Waals surface area contributed by atoms with Crippen LogP contribution in [0.2, 0.25) is 0 Å². The van der Waals surface area contributed by atoms with Crippen molar-refractivity contribution in [3.8, 4) is 6.07 Å². The van der Waals surface area contributed by atoms with Gasteiger partial charge in [0.2, 0.25) is 11.0 Å². The third-order valence-corrected chi connectivity index (χ3v) is 5.05. The van der Waals surface area contributed by atoms with Gasteiger partial charge in [0, 0.05) is 18.5 Å². The van der Waals surface area contributed by atoms with Gasteiger partial charge in [-0.3, -0.25) is 14.4 Å². The molecule has 33 heavy (non-hydrogen) atoms. The van der Waals surface area contributed by atoms with Crippen molar-refractivity contribution < 1.29 is 24.6 Å². The van der Waals surface area contributed by atoms with Crippen LogP contribution in [0.1, 0.15) is 35.4 Å². The van der Waals surface area contributed by atoms with Gasteiger partial charge in [-0.15, -0.1) is 10.2 Å². The maximum atomic E-state index is 12.0. The van der Waals surface area contributed by atoms with E-state index in [1.165, 1.54) is 0 Å². The van der Waals surface area contributed by atoms with Crippen molar-refractivity contribution >= 4 is 45.7 Å². The summed E-state index contributed by atoms with van der Waals surface area (Å²) in [6.07, 6.45) is -0.0960. The van der Waals surface area contributed by atoms with Gasteiger partial charge in [0.1, 0.15) is 17.0 Å². The number of carbonyl (C=O) groups excluding carboxylic acids is 1. The molecule has 0 aliphatic heterocycles. The number of amides is 1. The molecule has 0 bridgehead atoms. The number of thiazole rings is 1. The standard InChI is InChI=1S/C19H20N6O5S.2H3N/c1-10-15(9-20)31-19(22-10)25-24-14-5-3-12(8-11(14)2-7-17(27)28)23-16(26)6-4-13(21)18(29)30;;/h3,5,8,13H,2,4,6-7,21H2,1H3,(H,23,26)(H,27,28)(H,29,30);2*1H3/b25-24+;;. The second kappa shape index (κ2) is 13.6. The van der Waals surface area contributed by atoms with E-state index in [0.717, 1.165) is 11.3 Å². The highest BCUT2D eigenvalue weighted by Crippen LogP contribution is 2.29. The number of carboxylic acids is 2. The number of aryl methyl sites for hydroxylation is 2. The molecule has 178 valence electrons. The Morgan fingerprint density at radius 2 is 1.94 bits per heavy atom. The maximum absolute atomic E-state index is 12.0. The summed E-state index contributed by atoms with van der Waals surface area (Å²) in [6, 6.07) is 5.62. The molecule has 0 aliphatic rings. The van der Waals surface area contributed by atoms with Crippen molar-refractivity contribution in [2.45, 2.75) is 38.6 Å². The van der Waals surface area contributed by atoms with E-state index >= 15 is 0 Å². The molecule has 14 heteroatoms. The molecule has 1 heterocycles. The number of nitrogens with one attached hydrogen (secondary N) is 1. The fraction of sp³-hybridized carbons (Fsp3) is 0.316. The van der Waals surface area contributed by atoms with Crippen molar-refractivity contribution in [2.24, 2.45) is 16.0 Å². The monoisotopic (exact) mass is 478 g/mol. The summed E-state index contributed by atoms with van der Waals surface area (Å²) in [5, 5.41) is 37.8. The molecule has 2 aromatic rings. The summed E-state index contributed by atoms with van der Waals surface area (Å²) < 4.78 is 0. The van der Waals surface area contributed by atoms with Gasteiger partial charge in [-0.05, 0) is 43.5 Å². The van der Waals surface area contributed by atoms with E-state index in [4.69, 9.17) is 21.2 Å². The number of hydrogen-bond donors (Lipinski definition) is 6. The quantitative estimate of drug-likeness (QED) is 0.271. The van der Waals surface area contributed by atoms with Crippen LogP contribution in [0.25, 0.3) is 0 Å². The number of carbonyl (C=O) groups is 3.